The van der Waals surface area contributed by atoms with Crippen LogP contribution in [0.2, 0.25) is 0 Å². The standard InChI is InChI=1S/C15H19NO4S/c1-14(2,3)20-13(18)16-7-5-15(6-8-16)10-4-9-21-11(10)12(17)19-15/h4,9H,5-8H2,1-3H3. The zero-order chi connectivity index (χ0) is 15.3. The van der Waals surface area contributed by atoms with Crippen molar-refractivity contribution in [2.45, 2.75) is 44.8 Å². The Morgan fingerprint density at radius 1 is 1.38 bits per heavy atom. The summed E-state index contributed by atoms with van der Waals surface area (Å²) in [6.45, 7) is 6.64. The van der Waals surface area contributed by atoms with Crippen molar-refractivity contribution in [3.05, 3.63) is 21.9 Å². The lowest BCUT2D eigenvalue weighted by atomic mass is 9.86. The highest BCUT2D eigenvalue weighted by Crippen LogP contribution is 2.46. The van der Waals surface area contributed by atoms with E-state index in [1.165, 1.54) is 11.3 Å². The summed E-state index contributed by atoms with van der Waals surface area (Å²) >= 11 is 1.42. The first-order valence-corrected chi connectivity index (χ1v) is 7.98. The number of piperidine rings is 1. The van der Waals surface area contributed by atoms with Crippen LogP contribution in [0.4, 0.5) is 4.79 Å². The van der Waals surface area contributed by atoms with E-state index >= 15 is 0 Å². The van der Waals surface area contributed by atoms with Crippen molar-refractivity contribution in [1.82, 2.24) is 4.90 Å². The maximum Gasteiger partial charge on any atom is 0.410 e. The number of ether oxygens (including phenoxy) is 2. The Hall–Kier alpha value is -1.56. The first-order valence-electron chi connectivity index (χ1n) is 7.10. The molecule has 0 N–H and O–H groups in total. The highest BCUT2D eigenvalue weighted by Gasteiger charge is 2.49. The number of hydrogen-bond donors (Lipinski definition) is 0. The Balaban J connectivity index is 1.69. The molecule has 1 aromatic rings. The molecular formula is C15H19NO4S. The molecule has 1 aromatic heterocycles. The highest BCUT2D eigenvalue weighted by atomic mass is 32.1. The second-order valence-electron chi connectivity index (χ2n) is 6.51. The molecule has 0 saturated carbocycles. The first-order chi connectivity index (χ1) is 9.81. The monoisotopic (exact) mass is 309 g/mol. The van der Waals surface area contributed by atoms with Crippen LogP contribution in [-0.4, -0.2) is 35.7 Å². The summed E-state index contributed by atoms with van der Waals surface area (Å²) in [5.74, 6) is -0.231. The largest absolute Gasteiger partial charge is 0.450 e. The van der Waals surface area contributed by atoms with E-state index in [0.717, 1.165) is 5.56 Å². The Labute approximate surface area is 127 Å². The molecule has 21 heavy (non-hydrogen) atoms. The van der Waals surface area contributed by atoms with Gasteiger partial charge in [-0.25, -0.2) is 9.59 Å². The lowest BCUT2D eigenvalue weighted by Crippen LogP contribution is -2.46. The molecule has 1 saturated heterocycles. The van der Waals surface area contributed by atoms with Crippen molar-refractivity contribution in [3.63, 3.8) is 0 Å². The van der Waals surface area contributed by atoms with Crippen molar-refractivity contribution in [3.8, 4) is 0 Å². The molecule has 2 aliphatic heterocycles. The van der Waals surface area contributed by atoms with Crippen molar-refractivity contribution >= 4 is 23.4 Å². The van der Waals surface area contributed by atoms with Crippen LogP contribution >= 0.6 is 11.3 Å². The summed E-state index contributed by atoms with van der Waals surface area (Å²) in [7, 11) is 0. The Morgan fingerprint density at radius 3 is 2.67 bits per heavy atom. The number of fused-ring (bicyclic) bond motifs is 2. The molecule has 5 nitrogen and oxygen atoms in total. The summed E-state index contributed by atoms with van der Waals surface area (Å²) < 4.78 is 11.0. The Bertz CT molecular complexity index is 579. The summed E-state index contributed by atoms with van der Waals surface area (Å²) in [4.78, 5) is 26.4. The number of nitrogens with zero attached hydrogens (tertiary/aromatic N) is 1. The zero-order valence-electron chi connectivity index (χ0n) is 12.5. The molecule has 114 valence electrons. The number of carbonyl (C=O) groups excluding carboxylic acids is 2. The summed E-state index contributed by atoms with van der Waals surface area (Å²) in [5.41, 5.74) is -0.0429. The molecule has 0 bridgehead atoms. The second-order valence-corrected chi connectivity index (χ2v) is 7.43. The third-order valence-corrected chi connectivity index (χ3v) is 4.75. The van der Waals surface area contributed by atoms with Crippen LogP contribution in [0.25, 0.3) is 0 Å². The summed E-state index contributed by atoms with van der Waals surface area (Å²) in [6.07, 6.45) is 0.955. The molecule has 3 heterocycles. The fourth-order valence-corrected chi connectivity index (χ4v) is 3.71. The number of amides is 1. The molecule has 0 unspecified atom stereocenters. The highest BCUT2D eigenvalue weighted by molar-refractivity contribution is 7.12. The lowest BCUT2D eigenvalue weighted by Gasteiger charge is -2.38. The van der Waals surface area contributed by atoms with E-state index in [1.54, 1.807) is 4.90 Å². The topological polar surface area (TPSA) is 55.8 Å². The normalized spacial score (nSPS) is 20.3. The maximum atomic E-state index is 12.1. The predicted octanol–water partition coefficient (Wildman–Crippen LogP) is 3.14. The molecule has 0 aromatic carbocycles. The second kappa shape index (κ2) is 4.73. The molecule has 0 atom stereocenters. The fraction of sp³-hybridized carbons (Fsp3) is 0.600. The van der Waals surface area contributed by atoms with Crippen LogP contribution in [0.3, 0.4) is 0 Å². The molecule has 1 amide bonds. The quantitative estimate of drug-likeness (QED) is 0.691. The van der Waals surface area contributed by atoms with Crippen LogP contribution in [0.1, 0.15) is 48.8 Å². The molecular weight excluding hydrogens is 290 g/mol. The number of carbonyl (C=O) groups is 2. The van der Waals surface area contributed by atoms with E-state index in [0.29, 0.717) is 30.8 Å². The van der Waals surface area contributed by atoms with Gasteiger partial charge in [0.25, 0.3) is 0 Å². The van der Waals surface area contributed by atoms with Gasteiger partial charge < -0.3 is 14.4 Å². The van der Waals surface area contributed by atoms with Gasteiger partial charge in [0.15, 0.2) is 0 Å². The average Bonchev–Trinajstić information content (AvgIpc) is 2.94. The van der Waals surface area contributed by atoms with Crippen LogP contribution in [-0.2, 0) is 15.1 Å². The van der Waals surface area contributed by atoms with Gasteiger partial charge in [-0.05, 0) is 32.2 Å². The van der Waals surface area contributed by atoms with Gasteiger partial charge in [-0.15, -0.1) is 11.3 Å². The van der Waals surface area contributed by atoms with Crippen LogP contribution in [0.5, 0.6) is 0 Å². The summed E-state index contributed by atoms with van der Waals surface area (Å²) in [6, 6.07) is 1.97. The van der Waals surface area contributed by atoms with Gasteiger partial charge >= 0.3 is 12.1 Å². The third-order valence-electron chi connectivity index (χ3n) is 3.85. The fourth-order valence-electron chi connectivity index (χ4n) is 2.85. The van der Waals surface area contributed by atoms with Gasteiger partial charge in [0.2, 0.25) is 0 Å². The van der Waals surface area contributed by atoms with Crippen LogP contribution in [0, 0.1) is 0 Å². The van der Waals surface area contributed by atoms with E-state index in [9.17, 15) is 9.59 Å². The van der Waals surface area contributed by atoms with E-state index in [1.807, 2.05) is 32.2 Å². The van der Waals surface area contributed by atoms with Gasteiger partial charge in [0.05, 0.1) is 0 Å². The van der Waals surface area contributed by atoms with Gasteiger partial charge in [-0.2, -0.15) is 0 Å². The average molecular weight is 309 g/mol. The maximum absolute atomic E-state index is 12.1. The molecule has 2 aliphatic rings. The Kier molecular flexibility index (Phi) is 3.24. The van der Waals surface area contributed by atoms with Gasteiger partial charge in [-0.1, -0.05) is 0 Å². The molecule has 6 heteroatoms. The number of esters is 1. The molecule has 0 radical (unpaired) electrons. The number of likely N-dealkylation sites (tertiary alicyclic amines) is 1. The van der Waals surface area contributed by atoms with E-state index in [-0.39, 0.29) is 12.1 Å². The first kappa shape index (κ1) is 14.4. The van der Waals surface area contributed by atoms with Gasteiger partial charge in [0.1, 0.15) is 16.1 Å². The molecule has 1 fully saturated rings. The number of hydrogen-bond acceptors (Lipinski definition) is 5. The Morgan fingerprint density at radius 2 is 2.05 bits per heavy atom. The van der Waals surface area contributed by atoms with E-state index < -0.39 is 11.2 Å². The van der Waals surface area contributed by atoms with Crippen molar-refractivity contribution < 1.29 is 19.1 Å². The van der Waals surface area contributed by atoms with E-state index in [2.05, 4.69) is 0 Å². The lowest BCUT2D eigenvalue weighted by molar-refractivity contribution is -0.0470. The van der Waals surface area contributed by atoms with Crippen molar-refractivity contribution in [2.24, 2.45) is 0 Å². The van der Waals surface area contributed by atoms with E-state index in [4.69, 9.17) is 9.47 Å². The minimum atomic E-state index is -0.537. The SMILES string of the molecule is CC(C)(C)OC(=O)N1CCC2(CC1)OC(=O)c1sccc12. The molecule has 3 rings (SSSR count). The third kappa shape index (κ3) is 2.52. The van der Waals surface area contributed by atoms with Crippen LogP contribution in [0.15, 0.2) is 11.4 Å². The van der Waals surface area contributed by atoms with Crippen molar-refractivity contribution in [2.75, 3.05) is 13.1 Å². The van der Waals surface area contributed by atoms with Crippen molar-refractivity contribution in [1.29, 1.82) is 0 Å². The smallest absolute Gasteiger partial charge is 0.410 e. The minimum absolute atomic E-state index is 0.231. The molecule has 0 aliphatic carbocycles. The molecule has 1 spiro atoms. The van der Waals surface area contributed by atoms with Gasteiger partial charge in [-0.3, -0.25) is 0 Å². The zero-order valence-corrected chi connectivity index (χ0v) is 13.3. The summed E-state index contributed by atoms with van der Waals surface area (Å²) in [5, 5.41) is 1.92. The number of thiophene rings is 1. The van der Waals surface area contributed by atoms with Gasteiger partial charge in [0, 0.05) is 31.5 Å². The van der Waals surface area contributed by atoms with Crippen LogP contribution < -0.4 is 0 Å². The minimum Gasteiger partial charge on any atom is -0.450 e. The number of rotatable bonds is 0. The predicted molar refractivity (Wildman–Crippen MR) is 78.5 cm³/mol.